The molecule has 0 aromatic rings. The molecule has 6 nitrogen and oxygen atoms in total. The number of rotatable bonds is 48. The van der Waals surface area contributed by atoms with E-state index >= 15 is 0 Å². The minimum atomic E-state index is -0.794. The average Bonchev–Trinajstić information content (AvgIpc) is 3.28. The van der Waals surface area contributed by atoms with Gasteiger partial charge in [-0.3, -0.25) is 14.4 Å². The summed E-state index contributed by atoms with van der Waals surface area (Å²) in [7, 11) is 0. The van der Waals surface area contributed by atoms with Crippen LogP contribution in [-0.4, -0.2) is 37.2 Å². The predicted octanol–water partition coefficient (Wildman–Crippen LogP) is 17.6. The average molecular weight is 881 g/mol. The number of ether oxygens (including phenoxy) is 3. The molecule has 0 aliphatic rings. The van der Waals surface area contributed by atoms with E-state index in [2.05, 4.69) is 81.5 Å². The summed E-state index contributed by atoms with van der Waals surface area (Å²) in [6, 6.07) is 0. The van der Waals surface area contributed by atoms with Crippen molar-refractivity contribution in [3.8, 4) is 0 Å². The van der Waals surface area contributed by atoms with E-state index in [1.165, 1.54) is 141 Å². The molecule has 0 N–H and O–H groups in total. The number of carbonyl (C=O) groups is 3. The molecule has 6 heteroatoms. The molecule has 0 bridgehead atoms. The highest BCUT2D eigenvalue weighted by atomic mass is 16.6. The fraction of sp³-hybridized carbons (Fsp3) is 0.772. The van der Waals surface area contributed by atoms with Crippen molar-refractivity contribution in [2.75, 3.05) is 13.2 Å². The zero-order chi connectivity index (χ0) is 45.8. The lowest BCUT2D eigenvalue weighted by molar-refractivity contribution is -0.167. The van der Waals surface area contributed by atoms with Crippen LogP contribution in [0.3, 0.4) is 0 Å². The SMILES string of the molecule is CC/C=C\C/C=C\C/C=C\C/C=C\CCCCC(=O)O[C@@H](COC(=O)CCCCCCCCC/C=C\CCCCCCCCCC)COC(=O)CCCCCCCCCCCCC. The normalized spacial score (nSPS) is 12.5. The Kier molecular flexibility index (Phi) is 49.4. The van der Waals surface area contributed by atoms with E-state index in [-0.39, 0.29) is 37.5 Å². The quantitative estimate of drug-likeness (QED) is 0.0262. The lowest BCUT2D eigenvalue weighted by Crippen LogP contribution is -2.30. The Morgan fingerprint density at radius 2 is 0.619 bits per heavy atom. The second-order valence-corrected chi connectivity index (χ2v) is 17.8. The van der Waals surface area contributed by atoms with E-state index in [9.17, 15) is 14.4 Å². The molecule has 63 heavy (non-hydrogen) atoms. The molecule has 0 rings (SSSR count). The summed E-state index contributed by atoms with van der Waals surface area (Å²) in [5.74, 6) is -0.931. The molecule has 0 spiro atoms. The van der Waals surface area contributed by atoms with Crippen LogP contribution in [0, 0.1) is 0 Å². The molecule has 364 valence electrons. The summed E-state index contributed by atoms with van der Waals surface area (Å²) in [5.41, 5.74) is 0. The van der Waals surface area contributed by atoms with Crippen LogP contribution in [-0.2, 0) is 28.6 Å². The van der Waals surface area contributed by atoms with Crippen molar-refractivity contribution in [2.45, 2.75) is 271 Å². The van der Waals surface area contributed by atoms with Crippen LogP contribution < -0.4 is 0 Å². The van der Waals surface area contributed by atoms with Crippen molar-refractivity contribution in [2.24, 2.45) is 0 Å². The van der Waals surface area contributed by atoms with Crippen molar-refractivity contribution in [3.63, 3.8) is 0 Å². The van der Waals surface area contributed by atoms with Crippen LogP contribution in [0.4, 0.5) is 0 Å². The van der Waals surface area contributed by atoms with Crippen LogP contribution in [0.1, 0.15) is 265 Å². The molecule has 0 unspecified atom stereocenters. The minimum Gasteiger partial charge on any atom is -0.462 e. The smallest absolute Gasteiger partial charge is 0.306 e. The fourth-order valence-electron chi connectivity index (χ4n) is 7.49. The van der Waals surface area contributed by atoms with Crippen LogP contribution in [0.2, 0.25) is 0 Å². The van der Waals surface area contributed by atoms with Crippen molar-refractivity contribution in [1.29, 1.82) is 0 Å². The predicted molar refractivity (Wildman–Crippen MR) is 270 cm³/mol. The summed E-state index contributed by atoms with van der Waals surface area (Å²) in [6.07, 6.45) is 63.5. The van der Waals surface area contributed by atoms with Gasteiger partial charge in [0.15, 0.2) is 6.10 Å². The van der Waals surface area contributed by atoms with Gasteiger partial charge in [0, 0.05) is 19.3 Å². The van der Waals surface area contributed by atoms with E-state index in [0.717, 1.165) is 77.0 Å². The maximum atomic E-state index is 12.8. The molecular formula is C57H100O6. The Balaban J connectivity index is 4.38. The van der Waals surface area contributed by atoms with Crippen LogP contribution >= 0.6 is 0 Å². The van der Waals surface area contributed by atoms with Gasteiger partial charge >= 0.3 is 17.9 Å². The van der Waals surface area contributed by atoms with Gasteiger partial charge in [-0.1, -0.05) is 223 Å². The Morgan fingerprint density at radius 1 is 0.333 bits per heavy atom. The summed E-state index contributed by atoms with van der Waals surface area (Å²) in [6.45, 7) is 6.49. The van der Waals surface area contributed by atoms with E-state index in [4.69, 9.17) is 14.2 Å². The minimum absolute atomic E-state index is 0.0904. The van der Waals surface area contributed by atoms with Crippen molar-refractivity contribution in [1.82, 2.24) is 0 Å². The fourth-order valence-corrected chi connectivity index (χ4v) is 7.49. The van der Waals surface area contributed by atoms with Gasteiger partial charge in [0.25, 0.3) is 0 Å². The van der Waals surface area contributed by atoms with Gasteiger partial charge < -0.3 is 14.2 Å². The van der Waals surface area contributed by atoms with Gasteiger partial charge in [-0.15, -0.1) is 0 Å². The number of esters is 3. The van der Waals surface area contributed by atoms with E-state index in [0.29, 0.717) is 19.3 Å². The first kappa shape index (κ1) is 60.1. The summed E-state index contributed by atoms with van der Waals surface area (Å²) in [4.78, 5) is 38.0. The monoisotopic (exact) mass is 881 g/mol. The number of unbranched alkanes of at least 4 members (excludes halogenated alkanes) is 27. The molecular weight excluding hydrogens is 781 g/mol. The molecule has 0 amide bonds. The van der Waals surface area contributed by atoms with E-state index in [1.54, 1.807) is 0 Å². The van der Waals surface area contributed by atoms with Crippen molar-refractivity contribution in [3.05, 3.63) is 60.8 Å². The van der Waals surface area contributed by atoms with E-state index < -0.39 is 6.10 Å². The number of allylic oxidation sites excluding steroid dienone is 10. The second kappa shape index (κ2) is 51.7. The molecule has 0 saturated heterocycles. The Morgan fingerprint density at radius 3 is 1.02 bits per heavy atom. The highest BCUT2D eigenvalue weighted by Crippen LogP contribution is 2.15. The first-order valence-corrected chi connectivity index (χ1v) is 26.8. The first-order valence-electron chi connectivity index (χ1n) is 26.8. The topological polar surface area (TPSA) is 78.9 Å². The van der Waals surface area contributed by atoms with Gasteiger partial charge in [-0.25, -0.2) is 0 Å². The number of hydrogen-bond acceptors (Lipinski definition) is 6. The standard InChI is InChI=1S/C57H100O6/c1-4-7-10-13-16-19-22-24-26-27-28-29-31-32-35-38-41-44-47-50-56(59)62-53-54(52-61-55(58)49-46-43-40-37-34-21-18-15-12-9-6-3)63-57(60)51-48-45-42-39-36-33-30-25-23-20-17-14-11-8-5-2/h8,11,17,20,25,27-28,30,36,39,54H,4-7,9-10,12-16,18-19,21-24,26,29,31-35,37-38,40-53H2,1-3H3/b11-8-,20-17-,28-27-,30-25-,39-36-/t54-/m1/s1. The third-order valence-corrected chi connectivity index (χ3v) is 11.5. The third-order valence-electron chi connectivity index (χ3n) is 11.5. The Labute approximate surface area is 390 Å². The molecule has 0 fully saturated rings. The molecule has 0 heterocycles. The van der Waals surface area contributed by atoms with Crippen molar-refractivity contribution < 1.29 is 28.6 Å². The molecule has 0 saturated carbocycles. The molecule has 0 aliphatic carbocycles. The summed E-state index contributed by atoms with van der Waals surface area (Å²) < 4.78 is 16.8. The third kappa shape index (κ3) is 50.0. The Bertz CT molecular complexity index is 1150. The maximum absolute atomic E-state index is 12.8. The number of carbonyl (C=O) groups excluding carboxylic acids is 3. The number of hydrogen-bond donors (Lipinski definition) is 0. The lowest BCUT2D eigenvalue weighted by Gasteiger charge is -2.18. The van der Waals surface area contributed by atoms with Crippen molar-refractivity contribution >= 4 is 17.9 Å². The second-order valence-electron chi connectivity index (χ2n) is 17.8. The summed E-state index contributed by atoms with van der Waals surface area (Å²) in [5, 5.41) is 0. The van der Waals surface area contributed by atoms with Crippen LogP contribution in [0.5, 0.6) is 0 Å². The van der Waals surface area contributed by atoms with Crippen LogP contribution in [0.25, 0.3) is 0 Å². The highest BCUT2D eigenvalue weighted by molar-refractivity contribution is 5.71. The lowest BCUT2D eigenvalue weighted by atomic mass is 10.1. The van der Waals surface area contributed by atoms with E-state index in [1.807, 2.05) is 0 Å². The van der Waals surface area contributed by atoms with Gasteiger partial charge in [0.2, 0.25) is 0 Å². The van der Waals surface area contributed by atoms with Gasteiger partial charge in [0.1, 0.15) is 13.2 Å². The maximum Gasteiger partial charge on any atom is 0.306 e. The molecule has 0 aromatic carbocycles. The molecule has 1 atom stereocenters. The molecule has 0 radical (unpaired) electrons. The molecule has 0 aliphatic heterocycles. The van der Waals surface area contributed by atoms with Gasteiger partial charge in [0.05, 0.1) is 0 Å². The largest absolute Gasteiger partial charge is 0.462 e. The highest BCUT2D eigenvalue weighted by Gasteiger charge is 2.19. The molecule has 0 aromatic heterocycles. The van der Waals surface area contributed by atoms with Crippen LogP contribution in [0.15, 0.2) is 60.8 Å². The van der Waals surface area contributed by atoms with Gasteiger partial charge in [-0.2, -0.15) is 0 Å². The zero-order valence-corrected chi connectivity index (χ0v) is 41.6. The summed E-state index contributed by atoms with van der Waals surface area (Å²) >= 11 is 0. The Hall–Kier alpha value is -2.89. The zero-order valence-electron chi connectivity index (χ0n) is 41.6. The first-order chi connectivity index (χ1) is 31.0. The van der Waals surface area contributed by atoms with Gasteiger partial charge in [-0.05, 0) is 83.5 Å².